The summed E-state index contributed by atoms with van der Waals surface area (Å²) < 4.78 is 11.1. The first-order valence-corrected chi connectivity index (χ1v) is 9.02. The molecule has 0 atom stereocenters. The van der Waals surface area contributed by atoms with Crippen molar-refractivity contribution in [3.8, 4) is 17.2 Å². The number of non-ortho nitro benzene ring substituents is 1. The summed E-state index contributed by atoms with van der Waals surface area (Å²) in [6.45, 7) is 0.202. The van der Waals surface area contributed by atoms with Crippen LogP contribution >= 0.6 is 0 Å². The van der Waals surface area contributed by atoms with Crippen molar-refractivity contribution in [2.24, 2.45) is 0 Å². The number of phenolic OH excluding ortho intramolecular Hbond substituents is 1. The van der Waals surface area contributed by atoms with Gasteiger partial charge in [0.2, 0.25) is 0 Å². The number of ketones is 1. The fourth-order valence-corrected chi connectivity index (χ4v) is 2.68. The van der Waals surface area contributed by atoms with Crippen molar-refractivity contribution in [3.05, 3.63) is 99.6 Å². The van der Waals surface area contributed by atoms with Crippen molar-refractivity contribution in [2.45, 2.75) is 6.61 Å². The number of hydrogen-bond acceptors (Lipinski definition) is 6. The highest BCUT2D eigenvalue weighted by atomic mass is 16.6. The van der Waals surface area contributed by atoms with Gasteiger partial charge in [0.25, 0.3) is 5.69 Å². The molecule has 0 heterocycles. The summed E-state index contributed by atoms with van der Waals surface area (Å²) >= 11 is 0. The number of methoxy groups -OCH3 is 1. The lowest BCUT2D eigenvalue weighted by Gasteiger charge is -2.11. The Bertz CT molecular complexity index is 1070. The van der Waals surface area contributed by atoms with E-state index in [2.05, 4.69) is 0 Å². The van der Waals surface area contributed by atoms with Gasteiger partial charge in [0.1, 0.15) is 12.4 Å². The van der Waals surface area contributed by atoms with Gasteiger partial charge in [-0.15, -0.1) is 0 Å². The van der Waals surface area contributed by atoms with E-state index in [-0.39, 0.29) is 23.8 Å². The summed E-state index contributed by atoms with van der Waals surface area (Å²) in [4.78, 5) is 22.5. The third-order valence-corrected chi connectivity index (χ3v) is 4.31. The zero-order valence-electron chi connectivity index (χ0n) is 16.1. The van der Waals surface area contributed by atoms with E-state index in [1.165, 1.54) is 37.5 Å². The Morgan fingerprint density at radius 1 is 1.03 bits per heavy atom. The minimum Gasteiger partial charge on any atom is -0.508 e. The number of nitrogens with zero attached hydrogens (tertiary/aromatic N) is 1. The topological polar surface area (TPSA) is 98.9 Å². The molecule has 0 amide bonds. The van der Waals surface area contributed by atoms with Crippen molar-refractivity contribution in [1.82, 2.24) is 0 Å². The van der Waals surface area contributed by atoms with E-state index in [9.17, 15) is 20.0 Å². The highest BCUT2D eigenvalue weighted by molar-refractivity contribution is 6.06. The molecule has 0 unspecified atom stereocenters. The normalized spacial score (nSPS) is 10.7. The molecule has 7 heteroatoms. The Morgan fingerprint density at radius 2 is 1.73 bits per heavy atom. The van der Waals surface area contributed by atoms with Crippen molar-refractivity contribution in [1.29, 1.82) is 0 Å². The molecule has 0 saturated heterocycles. The van der Waals surface area contributed by atoms with Crippen molar-refractivity contribution >= 4 is 17.5 Å². The maximum Gasteiger partial charge on any atom is 0.269 e. The summed E-state index contributed by atoms with van der Waals surface area (Å²) in [5.74, 6) is 0.911. The van der Waals surface area contributed by atoms with E-state index >= 15 is 0 Å². The molecule has 0 aromatic heterocycles. The van der Waals surface area contributed by atoms with E-state index in [4.69, 9.17) is 9.47 Å². The average Bonchev–Trinajstić information content (AvgIpc) is 2.76. The van der Waals surface area contributed by atoms with Crippen LogP contribution in [-0.2, 0) is 6.61 Å². The third kappa shape index (κ3) is 5.23. The lowest BCUT2D eigenvalue weighted by atomic mass is 10.1. The molecule has 3 rings (SSSR count). The number of hydrogen-bond donors (Lipinski definition) is 1. The molecule has 3 aromatic carbocycles. The van der Waals surface area contributed by atoms with Crippen LogP contribution in [0.1, 0.15) is 21.5 Å². The fourth-order valence-electron chi connectivity index (χ4n) is 2.68. The standard InChI is InChI=1S/C23H19NO6/c1-29-22-13-5-16(4-12-21(26)18-6-10-20(25)11-7-18)14-23(22)30-15-17-2-8-19(9-3-17)24(27)28/h2-14,25H,15H2,1H3/b12-4+. The molecule has 0 aliphatic carbocycles. The molecule has 30 heavy (non-hydrogen) atoms. The lowest BCUT2D eigenvalue weighted by molar-refractivity contribution is -0.384. The van der Waals surface area contributed by atoms with Gasteiger partial charge in [-0.25, -0.2) is 0 Å². The Balaban J connectivity index is 1.72. The first-order valence-electron chi connectivity index (χ1n) is 9.02. The second kappa shape index (κ2) is 9.38. The van der Waals surface area contributed by atoms with Crippen molar-refractivity contribution < 1.29 is 24.3 Å². The monoisotopic (exact) mass is 405 g/mol. The number of benzene rings is 3. The highest BCUT2D eigenvalue weighted by Gasteiger charge is 2.08. The van der Waals surface area contributed by atoms with Gasteiger partial charge in [-0.1, -0.05) is 12.1 Å². The number of carbonyl (C=O) groups excluding carboxylic acids is 1. The van der Waals surface area contributed by atoms with E-state index < -0.39 is 4.92 Å². The van der Waals surface area contributed by atoms with Gasteiger partial charge >= 0.3 is 0 Å². The van der Waals surface area contributed by atoms with Crippen LogP contribution < -0.4 is 9.47 Å². The number of carbonyl (C=O) groups is 1. The van der Waals surface area contributed by atoms with Gasteiger partial charge in [0.15, 0.2) is 17.3 Å². The second-order valence-electron chi connectivity index (χ2n) is 6.37. The summed E-state index contributed by atoms with van der Waals surface area (Å²) in [7, 11) is 1.53. The van der Waals surface area contributed by atoms with E-state index in [0.29, 0.717) is 17.1 Å². The number of rotatable bonds is 8. The first-order chi connectivity index (χ1) is 14.5. The van der Waals surface area contributed by atoms with Crippen LogP contribution in [0.2, 0.25) is 0 Å². The van der Waals surface area contributed by atoms with E-state index in [0.717, 1.165) is 11.1 Å². The fraction of sp³-hybridized carbons (Fsp3) is 0.0870. The molecular formula is C23H19NO6. The SMILES string of the molecule is COc1ccc(/C=C/C(=O)c2ccc(O)cc2)cc1OCc1ccc([N+](=O)[O-])cc1. The largest absolute Gasteiger partial charge is 0.508 e. The number of ether oxygens (including phenoxy) is 2. The maximum atomic E-state index is 12.3. The molecular weight excluding hydrogens is 386 g/mol. The van der Waals surface area contributed by atoms with Crippen LogP contribution in [0.3, 0.4) is 0 Å². The van der Waals surface area contributed by atoms with Gasteiger partial charge in [-0.2, -0.15) is 0 Å². The summed E-state index contributed by atoms with van der Waals surface area (Å²) in [6.07, 6.45) is 3.10. The van der Waals surface area contributed by atoms with Crippen LogP contribution in [0.4, 0.5) is 5.69 Å². The van der Waals surface area contributed by atoms with Crippen molar-refractivity contribution in [2.75, 3.05) is 7.11 Å². The molecule has 0 fully saturated rings. The van der Waals surface area contributed by atoms with Gasteiger partial charge in [-0.05, 0) is 65.7 Å². The molecule has 152 valence electrons. The minimum absolute atomic E-state index is 0.0155. The Hall–Kier alpha value is -4.13. The molecule has 7 nitrogen and oxygen atoms in total. The molecule has 0 spiro atoms. The quantitative estimate of drug-likeness (QED) is 0.250. The van der Waals surface area contributed by atoms with Gasteiger partial charge in [-0.3, -0.25) is 14.9 Å². The highest BCUT2D eigenvalue weighted by Crippen LogP contribution is 2.29. The van der Waals surface area contributed by atoms with Gasteiger partial charge in [0, 0.05) is 17.7 Å². The Labute approximate surface area is 173 Å². The van der Waals surface area contributed by atoms with E-state index in [1.807, 2.05) is 0 Å². The second-order valence-corrected chi connectivity index (χ2v) is 6.37. The van der Waals surface area contributed by atoms with Gasteiger partial charge < -0.3 is 14.6 Å². The van der Waals surface area contributed by atoms with Crippen LogP contribution in [-0.4, -0.2) is 22.9 Å². The number of aromatic hydroxyl groups is 1. The summed E-state index contributed by atoms with van der Waals surface area (Å²) in [5.41, 5.74) is 1.99. The third-order valence-electron chi connectivity index (χ3n) is 4.31. The Morgan fingerprint density at radius 3 is 2.37 bits per heavy atom. The van der Waals surface area contributed by atoms with Crippen LogP contribution in [0.25, 0.3) is 6.08 Å². The number of allylic oxidation sites excluding steroid dienone is 1. The average molecular weight is 405 g/mol. The van der Waals surface area contributed by atoms with Crippen LogP contribution in [0.5, 0.6) is 17.2 Å². The summed E-state index contributed by atoms with van der Waals surface area (Å²) in [6, 6.07) is 17.4. The zero-order chi connectivity index (χ0) is 21.5. The predicted molar refractivity (Wildman–Crippen MR) is 112 cm³/mol. The van der Waals surface area contributed by atoms with Crippen LogP contribution in [0.15, 0.2) is 72.8 Å². The van der Waals surface area contributed by atoms with Gasteiger partial charge in [0.05, 0.1) is 12.0 Å². The molecule has 0 saturated carbocycles. The lowest BCUT2D eigenvalue weighted by Crippen LogP contribution is -1.98. The predicted octanol–water partition coefficient (Wildman–Crippen LogP) is 4.78. The number of phenols is 1. The molecule has 0 aliphatic rings. The molecule has 3 aromatic rings. The van der Waals surface area contributed by atoms with Crippen molar-refractivity contribution in [3.63, 3.8) is 0 Å². The molecule has 1 N–H and O–H groups in total. The minimum atomic E-state index is -0.455. The van der Waals surface area contributed by atoms with E-state index in [1.54, 1.807) is 48.5 Å². The zero-order valence-corrected chi connectivity index (χ0v) is 16.1. The molecule has 0 radical (unpaired) electrons. The van der Waals surface area contributed by atoms with Crippen LogP contribution in [0, 0.1) is 10.1 Å². The maximum absolute atomic E-state index is 12.3. The first kappa shape index (κ1) is 20.6. The molecule has 0 bridgehead atoms. The smallest absolute Gasteiger partial charge is 0.269 e. The number of nitro groups is 1. The summed E-state index contributed by atoms with van der Waals surface area (Å²) in [5, 5.41) is 20.1. The molecule has 0 aliphatic heterocycles. The number of nitro benzene ring substituents is 1. The Kier molecular flexibility index (Phi) is 6.44.